The summed E-state index contributed by atoms with van der Waals surface area (Å²) in [5, 5.41) is 23.6. The molecule has 0 spiro atoms. The molecule has 1 saturated heterocycles. The van der Waals surface area contributed by atoms with E-state index in [1.165, 1.54) is 13.1 Å². The SMILES string of the molecule is Cc1cn([C@H]2O[C@@H](CO[P@@](=O)(N[C@@H](C)C(=O)OC(C)C)Oc3ccccc3)C(O)[C@H]2O)c(=O)[nH]c1=S. The van der Waals surface area contributed by atoms with Crippen LogP contribution in [0.4, 0.5) is 0 Å². The van der Waals surface area contributed by atoms with Crippen molar-refractivity contribution in [3.63, 3.8) is 0 Å². The lowest BCUT2D eigenvalue weighted by atomic mass is 10.1. The maximum atomic E-state index is 13.6. The van der Waals surface area contributed by atoms with Gasteiger partial charge in [-0.15, -0.1) is 0 Å². The van der Waals surface area contributed by atoms with Crippen molar-refractivity contribution in [2.24, 2.45) is 0 Å². The van der Waals surface area contributed by atoms with Crippen LogP contribution in [0.5, 0.6) is 5.75 Å². The summed E-state index contributed by atoms with van der Waals surface area (Å²) in [6.45, 7) is 5.95. The van der Waals surface area contributed by atoms with Gasteiger partial charge in [0.15, 0.2) is 6.23 Å². The molecule has 4 N–H and O–H groups in total. The fourth-order valence-electron chi connectivity index (χ4n) is 3.38. The molecule has 12 nitrogen and oxygen atoms in total. The molecule has 0 amide bonds. The summed E-state index contributed by atoms with van der Waals surface area (Å²) in [5.74, 6) is -0.473. The van der Waals surface area contributed by atoms with Crippen LogP contribution in [0.2, 0.25) is 0 Å². The number of aliphatic hydroxyl groups excluding tert-OH is 2. The number of nitrogens with zero attached hydrogens (tertiary/aromatic N) is 1. The topological polar surface area (TPSA) is 161 Å². The number of aliphatic hydroxyl groups is 2. The molecule has 3 rings (SSSR count). The maximum Gasteiger partial charge on any atom is 0.459 e. The van der Waals surface area contributed by atoms with Gasteiger partial charge < -0.3 is 24.2 Å². The van der Waals surface area contributed by atoms with Crippen molar-refractivity contribution in [3.8, 4) is 5.75 Å². The Morgan fingerprint density at radius 2 is 1.92 bits per heavy atom. The van der Waals surface area contributed by atoms with Gasteiger partial charge in [-0.05, 0) is 39.8 Å². The van der Waals surface area contributed by atoms with E-state index in [9.17, 15) is 24.4 Å². The third-order valence-corrected chi connectivity index (χ3v) is 7.26. The standard InChI is InChI=1S/C22H30N3O9PS/c1-12(2)32-21(28)14(4)24-35(30,34-15-8-6-5-7-9-15)31-11-16-17(26)18(27)20(33-16)25-10-13(3)19(36)23-22(25)29/h5-10,12,14,16-18,20,26-27H,11H2,1-4H3,(H,24,30)(H,23,29,36)/t14-,16-,17?,18+,20-,35-/m0/s1. The molecule has 14 heteroatoms. The quantitative estimate of drug-likeness (QED) is 0.197. The van der Waals surface area contributed by atoms with Gasteiger partial charge in [0.25, 0.3) is 0 Å². The minimum atomic E-state index is -4.22. The molecule has 36 heavy (non-hydrogen) atoms. The summed E-state index contributed by atoms with van der Waals surface area (Å²) < 4.78 is 36.8. The Morgan fingerprint density at radius 1 is 1.25 bits per heavy atom. The summed E-state index contributed by atoms with van der Waals surface area (Å²) in [4.78, 5) is 27.1. The van der Waals surface area contributed by atoms with Crippen molar-refractivity contribution in [2.75, 3.05) is 6.61 Å². The lowest BCUT2D eigenvalue weighted by Gasteiger charge is -2.25. The Balaban J connectivity index is 1.77. The summed E-state index contributed by atoms with van der Waals surface area (Å²) in [6, 6.07) is 7.08. The van der Waals surface area contributed by atoms with E-state index in [2.05, 4.69) is 10.1 Å². The van der Waals surface area contributed by atoms with E-state index in [-0.39, 0.29) is 10.4 Å². The third-order valence-electron chi connectivity index (χ3n) is 5.19. The van der Waals surface area contributed by atoms with Gasteiger partial charge >= 0.3 is 19.4 Å². The molecule has 2 aromatic rings. The van der Waals surface area contributed by atoms with Crippen molar-refractivity contribution in [1.29, 1.82) is 0 Å². The maximum absolute atomic E-state index is 13.6. The highest BCUT2D eigenvalue weighted by molar-refractivity contribution is 7.71. The van der Waals surface area contributed by atoms with Gasteiger partial charge in [0.05, 0.1) is 12.7 Å². The highest BCUT2D eigenvalue weighted by Crippen LogP contribution is 2.46. The van der Waals surface area contributed by atoms with Crippen LogP contribution in [0.1, 0.15) is 32.6 Å². The van der Waals surface area contributed by atoms with E-state index in [0.717, 1.165) is 4.57 Å². The first-order valence-electron chi connectivity index (χ1n) is 11.2. The second-order valence-electron chi connectivity index (χ2n) is 8.56. The van der Waals surface area contributed by atoms with Gasteiger partial charge in [0, 0.05) is 11.8 Å². The number of aromatic nitrogens is 2. The van der Waals surface area contributed by atoms with Gasteiger partial charge in [-0.3, -0.25) is 18.9 Å². The van der Waals surface area contributed by atoms with Crippen LogP contribution in [0.15, 0.2) is 41.3 Å². The van der Waals surface area contributed by atoms with Crippen molar-refractivity contribution in [2.45, 2.75) is 64.4 Å². The minimum absolute atomic E-state index is 0.199. The second kappa shape index (κ2) is 11.8. The van der Waals surface area contributed by atoms with Crippen LogP contribution >= 0.6 is 20.0 Å². The van der Waals surface area contributed by atoms with Crippen molar-refractivity contribution in [3.05, 3.63) is 57.2 Å². The number of nitrogens with one attached hydrogen (secondary N) is 2. The fourth-order valence-corrected chi connectivity index (χ4v) is 5.02. The molecular weight excluding hydrogens is 513 g/mol. The van der Waals surface area contributed by atoms with Gasteiger partial charge in [-0.2, -0.15) is 5.09 Å². The van der Waals surface area contributed by atoms with E-state index >= 15 is 0 Å². The molecule has 1 fully saturated rings. The van der Waals surface area contributed by atoms with E-state index in [4.69, 9.17) is 30.7 Å². The third kappa shape index (κ3) is 6.88. The van der Waals surface area contributed by atoms with Gasteiger partial charge in [-0.25, -0.2) is 9.36 Å². The number of aromatic amines is 1. The number of hydrogen-bond acceptors (Lipinski definition) is 10. The van der Waals surface area contributed by atoms with Gasteiger partial charge in [0.1, 0.15) is 34.7 Å². The number of esters is 1. The molecule has 1 aliphatic rings. The van der Waals surface area contributed by atoms with Crippen molar-refractivity contribution < 1.29 is 38.1 Å². The van der Waals surface area contributed by atoms with Gasteiger partial charge in [0.2, 0.25) is 0 Å². The first-order chi connectivity index (χ1) is 16.9. The Hall–Kier alpha value is -2.38. The lowest BCUT2D eigenvalue weighted by molar-refractivity contribution is -0.149. The number of para-hydroxylation sites is 1. The molecule has 1 aromatic carbocycles. The molecular formula is C22H30N3O9PS. The predicted molar refractivity (Wildman–Crippen MR) is 131 cm³/mol. The molecule has 1 unspecified atom stereocenters. The van der Waals surface area contributed by atoms with Crippen LogP contribution in [0, 0.1) is 11.6 Å². The number of carbonyl (C=O) groups excluding carboxylic acids is 1. The average Bonchev–Trinajstić information content (AvgIpc) is 3.08. The van der Waals surface area contributed by atoms with E-state index < -0.39 is 62.7 Å². The molecule has 1 aliphatic heterocycles. The summed E-state index contributed by atoms with van der Waals surface area (Å²) in [6.07, 6.45) is -4.42. The molecule has 0 saturated carbocycles. The molecule has 0 radical (unpaired) electrons. The number of hydrogen-bond donors (Lipinski definition) is 4. The van der Waals surface area contributed by atoms with Crippen molar-refractivity contribution >= 4 is 25.9 Å². The fraction of sp³-hybridized carbons (Fsp3) is 0.500. The van der Waals surface area contributed by atoms with Crippen LogP contribution in [0.25, 0.3) is 0 Å². The Morgan fingerprint density at radius 3 is 2.56 bits per heavy atom. The largest absolute Gasteiger partial charge is 0.462 e. The number of rotatable bonds is 10. The van der Waals surface area contributed by atoms with Crippen LogP contribution in [0.3, 0.4) is 0 Å². The normalized spacial score (nSPS) is 24.3. The average molecular weight is 544 g/mol. The number of ether oxygens (including phenoxy) is 2. The zero-order valence-electron chi connectivity index (χ0n) is 20.2. The molecule has 0 aliphatic carbocycles. The second-order valence-corrected chi connectivity index (χ2v) is 10.7. The van der Waals surface area contributed by atoms with Crippen molar-refractivity contribution in [1.82, 2.24) is 14.6 Å². The Labute approximate surface area is 212 Å². The van der Waals surface area contributed by atoms with Gasteiger partial charge in [-0.1, -0.05) is 30.4 Å². The molecule has 198 valence electrons. The van der Waals surface area contributed by atoms with Crippen LogP contribution in [-0.4, -0.2) is 62.8 Å². The monoisotopic (exact) mass is 543 g/mol. The first kappa shape index (κ1) is 28.2. The number of carbonyl (C=O) groups is 1. The van der Waals surface area contributed by atoms with E-state index in [0.29, 0.717) is 5.56 Å². The number of H-pyrrole nitrogens is 1. The smallest absolute Gasteiger partial charge is 0.459 e. The lowest BCUT2D eigenvalue weighted by Crippen LogP contribution is -2.38. The molecule has 2 heterocycles. The highest BCUT2D eigenvalue weighted by Gasteiger charge is 2.46. The zero-order valence-corrected chi connectivity index (χ0v) is 21.9. The van der Waals surface area contributed by atoms with E-state index in [1.54, 1.807) is 51.1 Å². The molecule has 6 atom stereocenters. The molecule has 0 bridgehead atoms. The van der Waals surface area contributed by atoms with Crippen LogP contribution < -0.4 is 15.3 Å². The minimum Gasteiger partial charge on any atom is -0.462 e. The summed E-state index contributed by atoms with van der Waals surface area (Å²) in [5.41, 5.74) is -0.0810. The molecule has 1 aromatic heterocycles. The van der Waals surface area contributed by atoms with E-state index in [1.807, 2.05) is 0 Å². The van der Waals surface area contributed by atoms with Crippen LogP contribution in [-0.2, 0) is 23.4 Å². The number of aryl methyl sites for hydroxylation is 1. The number of benzene rings is 1. The Kier molecular flexibility index (Phi) is 9.23. The summed E-state index contributed by atoms with van der Waals surface area (Å²) in [7, 11) is -4.22. The summed E-state index contributed by atoms with van der Waals surface area (Å²) >= 11 is 5.04. The Bertz CT molecular complexity index is 1220. The highest BCUT2D eigenvalue weighted by atomic mass is 32.1. The predicted octanol–water partition coefficient (Wildman–Crippen LogP) is 1.97. The zero-order chi connectivity index (χ0) is 26.6. The first-order valence-corrected chi connectivity index (χ1v) is 13.2.